The summed E-state index contributed by atoms with van der Waals surface area (Å²) in [6, 6.07) is 6.11. The number of fused-ring (bicyclic) bond motifs is 1. The number of thiocarbonyl (C=S) groups is 1. The van der Waals surface area contributed by atoms with Crippen LogP contribution in [0.4, 0.5) is 0 Å². The van der Waals surface area contributed by atoms with Crippen LogP contribution in [0.25, 0.3) is 0 Å². The number of amides is 2. The number of aromatic nitrogens is 2. The maximum absolute atomic E-state index is 13.0. The van der Waals surface area contributed by atoms with Gasteiger partial charge in [0.25, 0.3) is 21.9 Å². The fourth-order valence-corrected chi connectivity index (χ4v) is 7.71. The Balaban J connectivity index is 1.32. The summed E-state index contributed by atoms with van der Waals surface area (Å²) in [6.07, 6.45) is 3.61. The van der Waals surface area contributed by atoms with Gasteiger partial charge < -0.3 is 15.7 Å². The Labute approximate surface area is 265 Å². The van der Waals surface area contributed by atoms with Crippen molar-refractivity contribution in [2.45, 2.75) is 29.3 Å². The van der Waals surface area contributed by atoms with Gasteiger partial charge >= 0.3 is 5.97 Å². The number of hydrogen-bond acceptors (Lipinski definition) is 9. The minimum absolute atomic E-state index is 0.0273. The summed E-state index contributed by atoms with van der Waals surface area (Å²) in [4.78, 5) is 43.6. The molecule has 2 amide bonds. The largest absolute Gasteiger partial charge is 0.477 e. The van der Waals surface area contributed by atoms with Gasteiger partial charge in [0, 0.05) is 41.5 Å². The van der Waals surface area contributed by atoms with Gasteiger partial charge in [0.05, 0.1) is 10.7 Å². The van der Waals surface area contributed by atoms with Gasteiger partial charge in [-0.05, 0) is 23.3 Å². The van der Waals surface area contributed by atoms with Crippen molar-refractivity contribution in [3.8, 4) is 0 Å². The number of aliphatic carboxylic acids is 1. The molecular weight excluding hydrogens is 669 g/mol. The van der Waals surface area contributed by atoms with E-state index in [-0.39, 0.29) is 41.4 Å². The average Bonchev–Trinajstić information content (AvgIpc) is 2.89. The number of halogens is 2. The quantitative estimate of drug-likeness (QED) is 0.0633. The van der Waals surface area contributed by atoms with Gasteiger partial charge in [-0.3, -0.25) is 19.0 Å². The third-order valence-corrected chi connectivity index (χ3v) is 9.84. The Morgan fingerprint density at radius 1 is 1.24 bits per heavy atom. The smallest absolute Gasteiger partial charge is 0.352 e. The molecule has 0 bridgehead atoms. The van der Waals surface area contributed by atoms with E-state index in [4.69, 9.17) is 40.0 Å². The van der Waals surface area contributed by atoms with Gasteiger partial charge in [-0.1, -0.05) is 35.4 Å². The highest BCUT2D eigenvalue weighted by molar-refractivity contribution is 8.01. The lowest BCUT2D eigenvalue weighted by Crippen LogP contribution is -2.70. The highest BCUT2D eigenvalue weighted by Gasteiger charge is 2.53. The Hall–Kier alpha value is -2.47. The molecule has 42 heavy (non-hydrogen) atoms. The SMILES string of the molecule is O=C(C[n+]1ccc(SCC2=C(C(=O)O)N3C(=O)[C@H](NC(=S)Cc4cc(Cl)nc(Cl)c4)[C@H]3SC2)cc1)NCCS(=O)(=O)O. The molecular formula is C24H24Cl2N5O7S4+. The van der Waals surface area contributed by atoms with E-state index in [1.54, 1.807) is 41.2 Å². The molecule has 4 rings (SSSR count). The van der Waals surface area contributed by atoms with Gasteiger partial charge in [-0.2, -0.15) is 13.0 Å². The Kier molecular flexibility index (Phi) is 10.7. The molecule has 2 aliphatic rings. The number of β-lactam (4-membered cyclic amide) rings is 1. The maximum Gasteiger partial charge on any atom is 0.352 e. The Morgan fingerprint density at radius 3 is 2.52 bits per heavy atom. The third kappa shape index (κ3) is 8.55. The number of carbonyl (C=O) groups is 3. The Bertz CT molecular complexity index is 1540. The molecule has 0 radical (unpaired) electrons. The molecule has 12 nitrogen and oxygen atoms in total. The van der Waals surface area contributed by atoms with E-state index in [1.165, 1.54) is 28.4 Å². The van der Waals surface area contributed by atoms with E-state index >= 15 is 0 Å². The molecule has 0 aromatic carbocycles. The zero-order valence-corrected chi connectivity index (χ0v) is 26.3. The first kappa shape index (κ1) is 32.4. The number of rotatable bonds is 12. The van der Waals surface area contributed by atoms with Crippen molar-refractivity contribution in [2.24, 2.45) is 0 Å². The van der Waals surface area contributed by atoms with E-state index in [2.05, 4.69) is 15.6 Å². The minimum Gasteiger partial charge on any atom is -0.477 e. The van der Waals surface area contributed by atoms with Crippen LogP contribution >= 0.6 is 58.9 Å². The summed E-state index contributed by atoms with van der Waals surface area (Å²) in [5.41, 5.74) is 1.31. The molecule has 1 saturated heterocycles. The van der Waals surface area contributed by atoms with E-state index < -0.39 is 39.2 Å². The monoisotopic (exact) mass is 692 g/mol. The van der Waals surface area contributed by atoms with Gasteiger partial charge in [-0.25, -0.2) is 9.78 Å². The van der Waals surface area contributed by atoms with E-state index in [0.29, 0.717) is 22.1 Å². The summed E-state index contributed by atoms with van der Waals surface area (Å²) in [6.45, 7) is -0.256. The molecule has 2 aromatic heterocycles. The van der Waals surface area contributed by atoms with E-state index in [0.717, 1.165) is 10.5 Å². The minimum atomic E-state index is -4.16. The molecule has 4 N–H and O–H groups in total. The fourth-order valence-electron chi connectivity index (χ4n) is 4.18. The molecule has 18 heteroatoms. The molecule has 0 unspecified atom stereocenters. The number of pyridine rings is 2. The topological polar surface area (TPSA) is 170 Å². The van der Waals surface area contributed by atoms with Crippen LogP contribution < -0.4 is 15.2 Å². The molecule has 0 saturated carbocycles. The van der Waals surface area contributed by atoms with Gasteiger partial charge in [-0.15, -0.1) is 23.5 Å². The molecule has 2 aromatic rings. The number of hydrogen-bond donors (Lipinski definition) is 4. The van der Waals surface area contributed by atoms with Crippen molar-refractivity contribution in [2.75, 3.05) is 23.8 Å². The second kappa shape index (κ2) is 13.9. The van der Waals surface area contributed by atoms with Crippen LogP contribution in [0.3, 0.4) is 0 Å². The Morgan fingerprint density at radius 2 is 1.90 bits per heavy atom. The van der Waals surface area contributed by atoms with Crippen LogP contribution in [0.15, 0.2) is 52.8 Å². The predicted octanol–water partition coefficient (Wildman–Crippen LogP) is 1.55. The standard InChI is InChI=1S/C24H23Cl2N5O7S4/c25-16-7-13(8-17(26)28-16)9-19(39)29-20-22(33)31-21(24(34)35)14(12-41-23(20)31)11-40-15-1-4-30(5-2-15)10-18(32)27-3-6-42(36,37)38/h1-2,4-5,7-8,20,23H,3,6,9-12H2,(H3-,27,29,32,34,35,36,37,38,39)/p+1/t20-,23+/m0/s1. The third-order valence-electron chi connectivity index (χ3n) is 6.04. The van der Waals surface area contributed by atoms with Gasteiger partial charge in [0.1, 0.15) is 27.4 Å². The molecule has 2 aliphatic heterocycles. The van der Waals surface area contributed by atoms with Crippen molar-refractivity contribution >= 4 is 91.8 Å². The molecule has 224 valence electrons. The predicted molar refractivity (Wildman–Crippen MR) is 162 cm³/mol. The zero-order chi connectivity index (χ0) is 30.6. The number of carbonyl (C=O) groups excluding carboxylic acids is 2. The number of carboxylic acids is 1. The lowest BCUT2D eigenvalue weighted by atomic mass is 10.0. The van der Waals surface area contributed by atoms with Crippen LogP contribution in [0, 0.1) is 0 Å². The lowest BCUT2D eigenvalue weighted by molar-refractivity contribution is -0.684. The average molecular weight is 694 g/mol. The van der Waals surface area contributed by atoms with Crippen molar-refractivity contribution in [1.82, 2.24) is 20.5 Å². The van der Waals surface area contributed by atoms with Crippen molar-refractivity contribution in [1.29, 1.82) is 0 Å². The van der Waals surface area contributed by atoms with Crippen LogP contribution in [-0.2, 0) is 37.5 Å². The first-order valence-corrected chi connectivity index (χ1v) is 17.0. The van der Waals surface area contributed by atoms with Crippen molar-refractivity contribution < 1.29 is 37.0 Å². The molecule has 0 spiro atoms. The summed E-state index contributed by atoms with van der Waals surface area (Å²) in [7, 11) is -4.16. The van der Waals surface area contributed by atoms with Crippen LogP contribution in [-0.4, -0.2) is 86.0 Å². The van der Waals surface area contributed by atoms with Gasteiger partial charge in [0.15, 0.2) is 12.4 Å². The van der Waals surface area contributed by atoms with Crippen LogP contribution in [0.1, 0.15) is 5.56 Å². The zero-order valence-electron chi connectivity index (χ0n) is 21.5. The molecule has 2 atom stereocenters. The molecule has 1 fully saturated rings. The van der Waals surface area contributed by atoms with E-state index in [1.807, 2.05) is 0 Å². The normalized spacial score (nSPS) is 18.3. The fraction of sp³-hybridized carbons (Fsp3) is 0.333. The second-order valence-corrected chi connectivity index (χ2v) is 14.1. The number of nitrogens with one attached hydrogen (secondary N) is 2. The summed E-state index contributed by atoms with van der Waals surface area (Å²) >= 11 is 20.2. The summed E-state index contributed by atoms with van der Waals surface area (Å²) in [5, 5.41) is 15.4. The van der Waals surface area contributed by atoms with Crippen LogP contribution in [0.2, 0.25) is 10.3 Å². The molecule has 4 heterocycles. The number of carboxylic acid groups (broad SMARTS) is 1. The van der Waals surface area contributed by atoms with Crippen molar-refractivity contribution in [3.63, 3.8) is 0 Å². The number of thioether (sulfide) groups is 2. The van der Waals surface area contributed by atoms with Crippen molar-refractivity contribution in [3.05, 3.63) is 63.8 Å². The van der Waals surface area contributed by atoms with E-state index in [9.17, 15) is 27.9 Å². The van der Waals surface area contributed by atoms with Crippen LogP contribution in [0.5, 0.6) is 0 Å². The molecule has 0 aliphatic carbocycles. The lowest BCUT2D eigenvalue weighted by Gasteiger charge is -2.49. The highest BCUT2D eigenvalue weighted by atomic mass is 35.5. The maximum atomic E-state index is 13.0. The summed E-state index contributed by atoms with van der Waals surface area (Å²) in [5.74, 6) is -1.80. The first-order chi connectivity index (χ1) is 19.8. The van der Waals surface area contributed by atoms with Gasteiger partial charge in [0.2, 0.25) is 6.54 Å². The second-order valence-electron chi connectivity index (χ2n) is 9.14. The highest BCUT2D eigenvalue weighted by Crippen LogP contribution is 2.41. The number of nitrogens with zero attached hydrogens (tertiary/aromatic N) is 3. The first-order valence-electron chi connectivity index (χ1n) is 12.2. The summed E-state index contributed by atoms with van der Waals surface area (Å²) < 4.78 is 31.8.